The molecular weight excluding hydrogens is 598 g/mol. The molecule has 3 aromatic carbocycles. The normalized spacial score (nSPS) is 14.6. The molecule has 1 aliphatic heterocycles. The third kappa shape index (κ3) is 5.84. The maximum Gasteiger partial charge on any atom is 0.270 e. The number of nitrogens with zero attached hydrogens (tertiary/aromatic N) is 1. The summed E-state index contributed by atoms with van der Waals surface area (Å²) < 4.78 is 7.00. The van der Waals surface area contributed by atoms with Crippen LogP contribution in [0.15, 0.2) is 87.3 Å². The van der Waals surface area contributed by atoms with Gasteiger partial charge in [0.2, 0.25) is 0 Å². The van der Waals surface area contributed by atoms with E-state index in [4.69, 9.17) is 17.0 Å². The van der Waals surface area contributed by atoms with Gasteiger partial charge in [-0.1, -0.05) is 52.3 Å². The highest BCUT2D eigenvalue weighted by atomic mass is 79.9. The van der Waals surface area contributed by atoms with Crippen molar-refractivity contribution in [2.75, 3.05) is 16.8 Å². The van der Waals surface area contributed by atoms with Crippen LogP contribution in [0.4, 0.5) is 11.4 Å². The highest BCUT2D eigenvalue weighted by Gasteiger charge is 2.34. The second kappa shape index (κ2) is 10.9. The summed E-state index contributed by atoms with van der Waals surface area (Å²) >= 11 is 12.1. The Morgan fingerprint density at radius 1 is 1.03 bits per heavy atom. The predicted octanol–water partition coefficient (Wildman–Crippen LogP) is 5.06. The number of rotatable bonds is 6. The van der Waals surface area contributed by atoms with Crippen molar-refractivity contribution in [1.29, 1.82) is 0 Å². The van der Waals surface area contributed by atoms with Crippen LogP contribution in [0.2, 0.25) is 0 Å². The Morgan fingerprint density at radius 3 is 2.37 bits per heavy atom. The van der Waals surface area contributed by atoms with E-state index < -0.39 is 11.8 Å². The molecule has 0 aromatic heterocycles. The fraction of sp³-hybridized carbons (Fsp3) is 0.0400. The van der Waals surface area contributed by atoms with E-state index >= 15 is 0 Å². The first-order valence-corrected chi connectivity index (χ1v) is 12.3. The first-order chi connectivity index (χ1) is 16.8. The third-order valence-corrected chi connectivity index (χ3v) is 6.19. The van der Waals surface area contributed by atoms with Gasteiger partial charge in [-0.3, -0.25) is 24.6 Å². The standard InChI is InChI=1S/C25H17Br2N3O4S/c26-16-11-15(22(20(27)13-16)34-14-21(31)28-17-7-3-1-4-8-17)12-19-23(32)29-25(35)30(24(19)33)18-9-5-2-6-10-18/h1-13H,14H2,(H,28,31)(H,29,32,35)/b19-12-. The number of benzene rings is 3. The minimum atomic E-state index is -0.629. The first-order valence-electron chi connectivity index (χ1n) is 10.3. The van der Waals surface area contributed by atoms with E-state index in [9.17, 15) is 14.4 Å². The number of halogens is 2. The monoisotopic (exact) mass is 613 g/mol. The summed E-state index contributed by atoms with van der Waals surface area (Å²) in [7, 11) is 0. The number of hydrogen-bond donors (Lipinski definition) is 2. The third-order valence-electron chi connectivity index (χ3n) is 4.86. The van der Waals surface area contributed by atoms with Gasteiger partial charge in [-0.15, -0.1) is 0 Å². The lowest BCUT2D eigenvalue weighted by Gasteiger charge is -2.29. The lowest BCUT2D eigenvalue weighted by Crippen LogP contribution is -2.54. The smallest absolute Gasteiger partial charge is 0.270 e. The highest BCUT2D eigenvalue weighted by Crippen LogP contribution is 2.35. The van der Waals surface area contributed by atoms with E-state index in [2.05, 4.69) is 42.5 Å². The van der Waals surface area contributed by atoms with Crippen LogP contribution < -0.4 is 20.3 Å². The summed E-state index contributed by atoms with van der Waals surface area (Å²) in [5, 5.41) is 5.29. The molecule has 3 amide bonds. The SMILES string of the molecule is O=C(COc1c(Br)cc(Br)cc1/C=C1/C(=O)NC(=S)N(c2ccccc2)C1=O)Nc1ccccc1. The lowest BCUT2D eigenvalue weighted by molar-refractivity contribution is -0.122. The Labute approximate surface area is 223 Å². The first kappa shape index (κ1) is 24.8. The van der Waals surface area contributed by atoms with E-state index in [1.54, 1.807) is 48.5 Å². The van der Waals surface area contributed by atoms with Crippen molar-refractivity contribution in [3.05, 3.63) is 92.9 Å². The average molecular weight is 615 g/mol. The molecule has 7 nitrogen and oxygen atoms in total. The topological polar surface area (TPSA) is 87.7 Å². The van der Waals surface area contributed by atoms with Gasteiger partial charge in [0.1, 0.15) is 11.3 Å². The van der Waals surface area contributed by atoms with Crippen LogP contribution in [0.3, 0.4) is 0 Å². The van der Waals surface area contributed by atoms with Gasteiger partial charge < -0.3 is 10.1 Å². The van der Waals surface area contributed by atoms with Crippen molar-refractivity contribution in [1.82, 2.24) is 5.32 Å². The molecule has 0 radical (unpaired) electrons. The second-order valence-corrected chi connectivity index (χ2v) is 9.46. The minimum absolute atomic E-state index is 0.00664. The molecule has 0 saturated carbocycles. The van der Waals surface area contributed by atoms with E-state index in [0.29, 0.717) is 31.6 Å². The molecule has 0 atom stereocenters. The van der Waals surface area contributed by atoms with Gasteiger partial charge in [0.25, 0.3) is 17.7 Å². The minimum Gasteiger partial charge on any atom is -0.482 e. The molecule has 0 aliphatic carbocycles. The molecule has 1 saturated heterocycles. The van der Waals surface area contributed by atoms with Gasteiger partial charge in [-0.2, -0.15) is 0 Å². The Hall–Kier alpha value is -3.34. The molecule has 4 rings (SSSR count). The van der Waals surface area contributed by atoms with Crippen LogP contribution in [0.5, 0.6) is 5.75 Å². The van der Waals surface area contributed by atoms with Gasteiger partial charge in [0.15, 0.2) is 11.7 Å². The fourth-order valence-electron chi connectivity index (χ4n) is 3.32. The molecule has 176 valence electrons. The number of hydrogen-bond acceptors (Lipinski definition) is 5. The molecule has 1 aliphatic rings. The zero-order chi connectivity index (χ0) is 24.9. The molecule has 0 bridgehead atoms. The summed E-state index contributed by atoms with van der Waals surface area (Å²) in [6.45, 7) is -0.286. The molecule has 10 heteroatoms. The van der Waals surface area contributed by atoms with E-state index in [1.165, 1.54) is 11.0 Å². The van der Waals surface area contributed by atoms with Crippen molar-refractivity contribution < 1.29 is 19.1 Å². The summed E-state index contributed by atoms with van der Waals surface area (Å²) in [6.07, 6.45) is 1.41. The number of nitrogens with one attached hydrogen (secondary N) is 2. The summed E-state index contributed by atoms with van der Waals surface area (Å²) in [5.41, 5.74) is 1.45. The molecule has 3 aromatic rings. The molecule has 35 heavy (non-hydrogen) atoms. The molecule has 1 fully saturated rings. The maximum atomic E-state index is 13.3. The van der Waals surface area contributed by atoms with Gasteiger partial charge in [-0.25, -0.2) is 0 Å². The van der Waals surface area contributed by atoms with Crippen LogP contribution in [0, 0.1) is 0 Å². The number of thiocarbonyl (C=S) groups is 1. The summed E-state index contributed by atoms with van der Waals surface area (Å²) in [4.78, 5) is 39.6. The Bertz CT molecular complexity index is 1350. The maximum absolute atomic E-state index is 13.3. The fourth-order valence-corrected chi connectivity index (χ4v) is 4.97. The zero-order valence-corrected chi connectivity index (χ0v) is 21.9. The van der Waals surface area contributed by atoms with Crippen molar-refractivity contribution in [3.63, 3.8) is 0 Å². The summed E-state index contributed by atoms with van der Waals surface area (Å²) in [5.74, 6) is -1.27. The quantitative estimate of drug-likeness (QED) is 0.230. The van der Waals surface area contributed by atoms with Gasteiger partial charge >= 0.3 is 0 Å². The van der Waals surface area contributed by atoms with Gasteiger partial charge in [0, 0.05) is 15.7 Å². The van der Waals surface area contributed by atoms with E-state index in [-0.39, 0.29) is 23.2 Å². The average Bonchev–Trinajstić information content (AvgIpc) is 2.82. The molecule has 0 unspecified atom stereocenters. The van der Waals surface area contributed by atoms with Crippen LogP contribution in [-0.2, 0) is 14.4 Å². The molecular formula is C25H17Br2N3O4S. The number of anilines is 2. The Morgan fingerprint density at radius 2 is 1.69 bits per heavy atom. The number of ether oxygens (including phenoxy) is 1. The number of carbonyl (C=O) groups is 3. The van der Waals surface area contributed by atoms with E-state index in [0.717, 1.165) is 0 Å². The van der Waals surface area contributed by atoms with Crippen molar-refractivity contribution in [2.45, 2.75) is 0 Å². The summed E-state index contributed by atoms with van der Waals surface area (Å²) in [6, 6.07) is 21.2. The largest absolute Gasteiger partial charge is 0.482 e. The number of amides is 3. The van der Waals surface area contributed by atoms with E-state index in [1.807, 2.05) is 24.3 Å². The van der Waals surface area contributed by atoms with Crippen molar-refractivity contribution in [2.24, 2.45) is 0 Å². The van der Waals surface area contributed by atoms with Crippen LogP contribution in [-0.4, -0.2) is 29.4 Å². The van der Waals surface area contributed by atoms with Crippen molar-refractivity contribution in [3.8, 4) is 5.75 Å². The lowest BCUT2D eigenvalue weighted by atomic mass is 10.1. The zero-order valence-electron chi connectivity index (χ0n) is 18.0. The van der Waals surface area contributed by atoms with Crippen molar-refractivity contribution >= 4 is 84.4 Å². The van der Waals surface area contributed by atoms with Crippen LogP contribution in [0.25, 0.3) is 6.08 Å². The molecule has 0 spiro atoms. The van der Waals surface area contributed by atoms with Crippen LogP contribution in [0.1, 0.15) is 5.56 Å². The highest BCUT2D eigenvalue weighted by molar-refractivity contribution is 9.11. The van der Waals surface area contributed by atoms with Gasteiger partial charge in [-0.05, 0) is 70.6 Å². The molecule has 2 N–H and O–H groups in total. The Balaban J connectivity index is 1.63. The van der Waals surface area contributed by atoms with Crippen LogP contribution >= 0.6 is 44.1 Å². The predicted molar refractivity (Wildman–Crippen MR) is 145 cm³/mol. The number of carbonyl (C=O) groups excluding carboxylic acids is 3. The number of para-hydroxylation sites is 2. The Kier molecular flexibility index (Phi) is 7.74. The van der Waals surface area contributed by atoms with Gasteiger partial charge in [0.05, 0.1) is 10.2 Å². The second-order valence-electron chi connectivity index (χ2n) is 7.30. The molecule has 1 heterocycles.